The zero-order valence-corrected chi connectivity index (χ0v) is 22.8. The van der Waals surface area contributed by atoms with Gasteiger partial charge in [-0.2, -0.15) is 0 Å². The highest BCUT2D eigenvalue weighted by Gasteiger charge is 2.25. The molecule has 0 aliphatic carbocycles. The highest BCUT2D eigenvalue weighted by atomic mass is 32.2. The molecule has 2 amide bonds. The first-order valence-electron chi connectivity index (χ1n) is 12.8. The van der Waals surface area contributed by atoms with E-state index in [-0.39, 0.29) is 11.8 Å². The Labute approximate surface area is 229 Å². The second-order valence-corrected chi connectivity index (χ2v) is 10.7. The number of aromatic amines is 1. The van der Waals surface area contributed by atoms with Crippen LogP contribution in [-0.2, 0) is 15.6 Å². The molecular weight excluding hydrogens is 514 g/mol. The van der Waals surface area contributed by atoms with Crippen LogP contribution in [0.15, 0.2) is 72.0 Å². The molecule has 3 heterocycles. The Kier molecular flexibility index (Phi) is 7.87. The van der Waals surface area contributed by atoms with Crippen LogP contribution in [0.25, 0.3) is 11.0 Å². The summed E-state index contributed by atoms with van der Waals surface area (Å²) in [7, 11) is -1.09. The third-order valence-corrected chi connectivity index (χ3v) is 7.75. The summed E-state index contributed by atoms with van der Waals surface area (Å²) in [6.45, 7) is 4.81. The first kappa shape index (κ1) is 26.4. The van der Waals surface area contributed by atoms with Crippen LogP contribution in [0.1, 0.15) is 17.3 Å². The van der Waals surface area contributed by atoms with Gasteiger partial charge >= 0.3 is 0 Å². The SMILES string of the molecule is CC(=O)NCCN(c1cccc(C(=O)N2CCN(c3ccccc3S(C)=O)CC2)c1)c1ncnc2[nH]ccc12. The van der Waals surface area contributed by atoms with E-state index in [1.807, 2.05) is 70.6 Å². The maximum Gasteiger partial charge on any atom is 0.254 e. The number of benzene rings is 2. The van der Waals surface area contributed by atoms with Gasteiger partial charge in [0.15, 0.2) is 0 Å². The van der Waals surface area contributed by atoms with Crippen LogP contribution in [0.4, 0.5) is 17.2 Å². The van der Waals surface area contributed by atoms with Crippen LogP contribution in [0.3, 0.4) is 0 Å². The second-order valence-electron chi connectivity index (χ2n) is 9.32. The number of anilines is 3. The lowest BCUT2D eigenvalue weighted by Gasteiger charge is -2.37. The number of piperazine rings is 1. The van der Waals surface area contributed by atoms with Crippen LogP contribution >= 0.6 is 0 Å². The van der Waals surface area contributed by atoms with E-state index in [4.69, 9.17) is 0 Å². The number of H-pyrrole nitrogens is 1. The van der Waals surface area contributed by atoms with Crippen LogP contribution < -0.4 is 15.1 Å². The average Bonchev–Trinajstić information content (AvgIpc) is 3.44. The van der Waals surface area contributed by atoms with E-state index in [1.165, 1.54) is 13.3 Å². The van der Waals surface area contributed by atoms with E-state index in [2.05, 4.69) is 25.2 Å². The molecule has 0 bridgehead atoms. The molecule has 0 spiro atoms. The zero-order valence-electron chi connectivity index (χ0n) is 22.0. The van der Waals surface area contributed by atoms with Gasteiger partial charge in [0.05, 0.1) is 26.8 Å². The fraction of sp³-hybridized carbons (Fsp3) is 0.286. The van der Waals surface area contributed by atoms with Crippen molar-refractivity contribution < 1.29 is 13.8 Å². The van der Waals surface area contributed by atoms with Crippen LogP contribution in [-0.4, -0.2) is 81.4 Å². The Bertz CT molecular complexity index is 1510. The Hall–Kier alpha value is -4.25. The lowest BCUT2D eigenvalue weighted by atomic mass is 10.1. The van der Waals surface area contributed by atoms with Crippen LogP contribution in [0, 0.1) is 0 Å². The van der Waals surface area contributed by atoms with E-state index >= 15 is 0 Å². The van der Waals surface area contributed by atoms with Crippen molar-refractivity contribution in [2.24, 2.45) is 0 Å². The summed E-state index contributed by atoms with van der Waals surface area (Å²) in [4.78, 5) is 43.9. The molecule has 39 heavy (non-hydrogen) atoms. The average molecular weight is 546 g/mol. The van der Waals surface area contributed by atoms with Crippen molar-refractivity contribution in [3.63, 3.8) is 0 Å². The number of carbonyl (C=O) groups excluding carboxylic acids is 2. The summed E-state index contributed by atoms with van der Waals surface area (Å²) >= 11 is 0. The summed E-state index contributed by atoms with van der Waals surface area (Å²) in [5.74, 6) is 0.539. The van der Waals surface area contributed by atoms with E-state index in [1.54, 1.807) is 6.26 Å². The molecule has 1 unspecified atom stereocenters. The third-order valence-electron chi connectivity index (χ3n) is 6.79. The minimum atomic E-state index is -1.09. The molecule has 0 radical (unpaired) electrons. The molecule has 2 aromatic heterocycles. The van der Waals surface area contributed by atoms with Crippen LogP contribution in [0.2, 0.25) is 0 Å². The smallest absolute Gasteiger partial charge is 0.254 e. The van der Waals surface area contributed by atoms with Gasteiger partial charge in [-0.05, 0) is 36.4 Å². The van der Waals surface area contributed by atoms with Crippen molar-refractivity contribution in [1.82, 2.24) is 25.2 Å². The molecular formula is C28H31N7O3S. The molecule has 0 saturated carbocycles. The predicted octanol–water partition coefficient (Wildman–Crippen LogP) is 2.93. The van der Waals surface area contributed by atoms with Gasteiger partial charge in [0.25, 0.3) is 5.91 Å². The van der Waals surface area contributed by atoms with Crippen molar-refractivity contribution in [2.45, 2.75) is 11.8 Å². The maximum atomic E-state index is 13.6. The van der Waals surface area contributed by atoms with Crippen molar-refractivity contribution >= 4 is 50.8 Å². The van der Waals surface area contributed by atoms with Crippen molar-refractivity contribution in [1.29, 1.82) is 0 Å². The zero-order chi connectivity index (χ0) is 27.4. The maximum absolute atomic E-state index is 13.6. The lowest BCUT2D eigenvalue weighted by molar-refractivity contribution is -0.118. The summed E-state index contributed by atoms with van der Waals surface area (Å²) in [5.41, 5.74) is 3.05. The molecule has 11 heteroatoms. The van der Waals surface area contributed by atoms with E-state index in [0.29, 0.717) is 56.3 Å². The molecule has 1 atom stereocenters. The molecule has 10 nitrogen and oxygen atoms in total. The van der Waals surface area contributed by atoms with E-state index in [9.17, 15) is 13.8 Å². The summed E-state index contributed by atoms with van der Waals surface area (Å²) in [6, 6.07) is 17.1. The van der Waals surface area contributed by atoms with Gasteiger partial charge in [-0.15, -0.1) is 0 Å². The van der Waals surface area contributed by atoms with Crippen molar-refractivity contribution in [3.05, 3.63) is 72.7 Å². The van der Waals surface area contributed by atoms with E-state index < -0.39 is 10.8 Å². The largest absolute Gasteiger partial charge is 0.367 e. The van der Waals surface area contributed by atoms with Crippen molar-refractivity contribution in [2.75, 3.05) is 55.3 Å². The van der Waals surface area contributed by atoms with Gasteiger partial charge in [-0.25, -0.2) is 9.97 Å². The quantitative estimate of drug-likeness (QED) is 0.350. The standard InChI is InChI=1S/C28H31N7O3S/c1-20(36)29-12-13-35(27-23-10-11-30-26(23)31-19-32-27)22-7-5-6-21(18-22)28(37)34-16-14-33(15-17-34)24-8-3-4-9-25(24)39(2)38/h3-11,18-19H,12-17H2,1-2H3,(H,29,36)(H,30,31,32). The summed E-state index contributed by atoms with van der Waals surface area (Å²) < 4.78 is 12.2. The molecule has 1 saturated heterocycles. The number of fused-ring (bicyclic) bond motifs is 1. The molecule has 2 N–H and O–H groups in total. The Morgan fingerprint density at radius 3 is 2.62 bits per heavy atom. The van der Waals surface area contributed by atoms with Gasteiger partial charge < -0.3 is 25.0 Å². The van der Waals surface area contributed by atoms with Gasteiger partial charge in [0.1, 0.15) is 17.8 Å². The number of para-hydroxylation sites is 1. The minimum Gasteiger partial charge on any atom is -0.367 e. The Morgan fingerprint density at radius 1 is 1.05 bits per heavy atom. The number of amides is 2. The highest BCUT2D eigenvalue weighted by molar-refractivity contribution is 7.84. The van der Waals surface area contributed by atoms with Gasteiger partial charge in [-0.3, -0.25) is 13.8 Å². The molecule has 202 valence electrons. The van der Waals surface area contributed by atoms with Gasteiger partial charge in [0.2, 0.25) is 5.91 Å². The number of carbonyl (C=O) groups is 2. The Morgan fingerprint density at radius 2 is 1.85 bits per heavy atom. The number of hydrogen-bond donors (Lipinski definition) is 2. The molecule has 1 aliphatic rings. The van der Waals surface area contributed by atoms with Crippen molar-refractivity contribution in [3.8, 4) is 0 Å². The molecule has 1 fully saturated rings. The molecule has 1 aliphatic heterocycles. The summed E-state index contributed by atoms with van der Waals surface area (Å²) in [5, 5.41) is 3.69. The first-order valence-corrected chi connectivity index (χ1v) is 14.3. The van der Waals surface area contributed by atoms with E-state index in [0.717, 1.165) is 21.7 Å². The number of rotatable bonds is 8. The first-order chi connectivity index (χ1) is 18.9. The van der Waals surface area contributed by atoms with Gasteiger partial charge in [-0.1, -0.05) is 18.2 Å². The fourth-order valence-corrected chi connectivity index (χ4v) is 5.64. The topological polar surface area (TPSA) is 115 Å². The molecule has 2 aromatic carbocycles. The predicted molar refractivity (Wildman–Crippen MR) is 153 cm³/mol. The van der Waals surface area contributed by atoms with Gasteiger partial charge in [0, 0.05) is 69.9 Å². The number of aromatic nitrogens is 3. The fourth-order valence-electron chi connectivity index (χ4n) is 4.88. The number of hydrogen-bond acceptors (Lipinski definition) is 7. The lowest BCUT2D eigenvalue weighted by Crippen LogP contribution is -2.49. The summed E-state index contributed by atoms with van der Waals surface area (Å²) in [6.07, 6.45) is 5.00. The Balaban J connectivity index is 1.36. The normalized spacial score (nSPS) is 14.3. The highest BCUT2D eigenvalue weighted by Crippen LogP contribution is 2.30. The number of nitrogens with zero attached hydrogens (tertiary/aromatic N) is 5. The molecule has 5 rings (SSSR count). The third kappa shape index (κ3) is 5.78. The monoisotopic (exact) mass is 545 g/mol. The number of nitrogens with one attached hydrogen (secondary N) is 2. The van der Waals surface area contributed by atoms with Crippen LogP contribution in [0.5, 0.6) is 0 Å². The second kappa shape index (κ2) is 11.6. The molecule has 4 aromatic rings. The minimum absolute atomic E-state index is 0.0415.